The fourth-order valence-electron chi connectivity index (χ4n) is 4.47. The highest BCUT2D eigenvalue weighted by atomic mass is 19.1. The number of ether oxygens (including phenoxy) is 3. The van der Waals surface area contributed by atoms with Crippen LogP contribution in [0.1, 0.15) is 18.9 Å². The van der Waals surface area contributed by atoms with Crippen LogP contribution in [0.3, 0.4) is 0 Å². The molecule has 1 aromatic heterocycles. The molecule has 10 nitrogen and oxygen atoms in total. The Morgan fingerprint density at radius 3 is 2.68 bits per heavy atom. The maximum absolute atomic E-state index is 13.7. The van der Waals surface area contributed by atoms with Gasteiger partial charge in [-0.1, -0.05) is 17.3 Å². The first-order valence-electron chi connectivity index (χ1n) is 12.0. The van der Waals surface area contributed by atoms with E-state index in [-0.39, 0.29) is 12.2 Å². The summed E-state index contributed by atoms with van der Waals surface area (Å²) in [5.41, 5.74) is 1.80. The van der Waals surface area contributed by atoms with Crippen LogP contribution in [0.5, 0.6) is 5.75 Å². The monoisotopic (exact) mass is 514 g/mol. The van der Waals surface area contributed by atoms with E-state index in [9.17, 15) is 19.4 Å². The molecule has 2 heterocycles. The van der Waals surface area contributed by atoms with Crippen molar-refractivity contribution in [1.29, 1.82) is 0 Å². The van der Waals surface area contributed by atoms with Gasteiger partial charge in [-0.2, -0.15) is 0 Å². The average Bonchev–Trinajstić information content (AvgIpc) is 3.41. The van der Waals surface area contributed by atoms with E-state index in [1.165, 1.54) is 23.9 Å². The van der Waals surface area contributed by atoms with Crippen molar-refractivity contribution in [1.82, 2.24) is 15.0 Å². The van der Waals surface area contributed by atoms with Crippen LogP contribution in [0.2, 0.25) is 0 Å². The molecule has 2 aromatic carbocycles. The summed E-state index contributed by atoms with van der Waals surface area (Å²) in [6.45, 7) is 0.0559. The number of nitrogens with one attached hydrogen (secondary N) is 1. The molecule has 1 fully saturated rings. The fourth-order valence-corrected chi connectivity index (χ4v) is 4.47. The molecule has 5 atom stereocenters. The maximum Gasteiger partial charge on any atom is 0.164 e. The lowest BCUT2D eigenvalue weighted by molar-refractivity contribution is -0.211. The number of Topliss-reactive ketones (excluding diaryl/α,β-unsaturated/α-hetero) is 1. The van der Waals surface area contributed by atoms with Crippen molar-refractivity contribution in [3.05, 3.63) is 60.5 Å². The summed E-state index contributed by atoms with van der Waals surface area (Å²) >= 11 is 0. The number of nitrogens with zero attached hydrogens (tertiary/aromatic N) is 3. The lowest BCUT2D eigenvalue weighted by Gasteiger charge is -2.43. The smallest absolute Gasteiger partial charge is 0.164 e. The third-order valence-corrected chi connectivity index (χ3v) is 6.41. The standard InChI is InChI=1S/C26H31FN4O6/c1-35-19-10-8-18(9-11-19)28-12-4-7-21(33)25-26(36-2)23(24(34)22(15-32)37-25)31-14-20(29-30-31)16-5-3-6-17(27)13-16/h3,5-6,8-11,13-14,22-26,28,32,34H,4,7,12,15H2,1-2H3/t22-,23+,24+,25+,26-/m1/s1. The molecule has 4 rings (SSSR count). The first kappa shape index (κ1) is 26.7. The van der Waals surface area contributed by atoms with Crippen LogP contribution in [0.15, 0.2) is 54.7 Å². The largest absolute Gasteiger partial charge is 0.497 e. The number of aromatic nitrogens is 3. The van der Waals surface area contributed by atoms with Crippen LogP contribution < -0.4 is 10.1 Å². The molecule has 0 unspecified atom stereocenters. The second kappa shape index (κ2) is 12.2. The number of halogens is 1. The molecular formula is C26H31FN4O6. The first-order valence-corrected chi connectivity index (χ1v) is 12.0. The van der Waals surface area contributed by atoms with Crippen LogP contribution in [-0.4, -0.2) is 82.8 Å². The van der Waals surface area contributed by atoms with Crippen LogP contribution in [0, 0.1) is 5.82 Å². The van der Waals surface area contributed by atoms with Crippen molar-refractivity contribution >= 4 is 11.5 Å². The van der Waals surface area contributed by atoms with Crippen molar-refractivity contribution < 1.29 is 33.6 Å². The minimum atomic E-state index is -1.22. The zero-order valence-electron chi connectivity index (χ0n) is 20.7. The lowest BCUT2D eigenvalue weighted by atomic mass is 9.89. The Labute approximate surface area is 214 Å². The summed E-state index contributed by atoms with van der Waals surface area (Å²) in [5.74, 6) is 0.121. The van der Waals surface area contributed by atoms with Gasteiger partial charge in [0.05, 0.1) is 19.9 Å². The number of carbonyl (C=O) groups is 1. The highest BCUT2D eigenvalue weighted by Gasteiger charge is 2.49. The number of hydrogen-bond donors (Lipinski definition) is 3. The molecule has 1 saturated heterocycles. The van der Waals surface area contributed by atoms with E-state index in [0.717, 1.165) is 11.4 Å². The van der Waals surface area contributed by atoms with Gasteiger partial charge in [0.2, 0.25) is 0 Å². The second-order valence-corrected chi connectivity index (χ2v) is 8.78. The molecule has 11 heteroatoms. The van der Waals surface area contributed by atoms with Crippen LogP contribution in [-0.2, 0) is 14.3 Å². The number of aliphatic hydroxyl groups excluding tert-OH is 2. The number of benzene rings is 2. The third-order valence-electron chi connectivity index (χ3n) is 6.41. The SMILES string of the molecule is COc1ccc(NCCCC(=O)[C@@H]2O[C@H](CO)[C@H](O)[C@H](n3cc(-c4cccc(F)c4)nn3)[C@H]2OC)cc1. The van der Waals surface area contributed by atoms with Crippen LogP contribution >= 0.6 is 0 Å². The number of anilines is 1. The highest BCUT2D eigenvalue weighted by molar-refractivity contribution is 5.84. The lowest BCUT2D eigenvalue weighted by Crippen LogP contribution is -2.58. The van der Waals surface area contributed by atoms with Gasteiger partial charge in [0, 0.05) is 31.3 Å². The van der Waals surface area contributed by atoms with Gasteiger partial charge in [-0.15, -0.1) is 5.10 Å². The van der Waals surface area contributed by atoms with E-state index < -0.39 is 42.9 Å². The molecule has 198 valence electrons. The number of hydrogen-bond acceptors (Lipinski definition) is 9. The van der Waals surface area contributed by atoms with Crippen LogP contribution in [0.25, 0.3) is 11.3 Å². The van der Waals surface area contributed by atoms with E-state index in [4.69, 9.17) is 14.2 Å². The molecule has 3 aromatic rings. The summed E-state index contributed by atoms with van der Waals surface area (Å²) in [6, 6.07) is 12.5. The summed E-state index contributed by atoms with van der Waals surface area (Å²) in [7, 11) is 3.02. The Hall–Kier alpha value is -3.38. The van der Waals surface area contributed by atoms with Gasteiger partial charge < -0.3 is 29.7 Å². The van der Waals surface area contributed by atoms with Gasteiger partial charge in [-0.3, -0.25) is 4.79 Å². The molecule has 0 aliphatic carbocycles. The first-order chi connectivity index (χ1) is 17.9. The van der Waals surface area contributed by atoms with Gasteiger partial charge in [-0.25, -0.2) is 9.07 Å². The highest BCUT2D eigenvalue weighted by Crippen LogP contribution is 2.33. The van der Waals surface area contributed by atoms with Crippen LogP contribution in [0.4, 0.5) is 10.1 Å². The topological polar surface area (TPSA) is 128 Å². The molecule has 0 amide bonds. The predicted molar refractivity (Wildman–Crippen MR) is 133 cm³/mol. The maximum atomic E-state index is 13.7. The van der Waals surface area contributed by atoms with Gasteiger partial charge in [0.25, 0.3) is 0 Å². The minimum Gasteiger partial charge on any atom is -0.497 e. The van der Waals surface area contributed by atoms with E-state index in [1.54, 1.807) is 25.4 Å². The minimum absolute atomic E-state index is 0.195. The van der Waals surface area contributed by atoms with E-state index in [2.05, 4.69) is 15.6 Å². The van der Waals surface area contributed by atoms with Crippen molar-refractivity contribution in [2.45, 2.75) is 43.3 Å². The Balaban J connectivity index is 1.45. The normalized spacial score (nSPS) is 23.5. The average molecular weight is 515 g/mol. The molecule has 1 aliphatic heterocycles. The number of aliphatic hydroxyl groups is 2. The Kier molecular flexibility index (Phi) is 8.82. The molecule has 0 bridgehead atoms. The fraction of sp³-hybridized carbons (Fsp3) is 0.423. The van der Waals surface area contributed by atoms with Gasteiger partial charge in [-0.05, 0) is 42.8 Å². The van der Waals surface area contributed by atoms with E-state index in [0.29, 0.717) is 24.2 Å². The quantitative estimate of drug-likeness (QED) is 0.330. The van der Waals surface area contributed by atoms with Crippen molar-refractivity contribution in [2.75, 3.05) is 32.7 Å². The summed E-state index contributed by atoms with van der Waals surface area (Å²) in [6.07, 6.45) is -1.89. The predicted octanol–water partition coefficient (Wildman–Crippen LogP) is 2.23. The van der Waals surface area contributed by atoms with Crippen molar-refractivity contribution in [3.8, 4) is 17.0 Å². The molecule has 0 spiro atoms. The van der Waals surface area contributed by atoms with E-state index in [1.807, 2.05) is 24.3 Å². The Morgan fingerprint density at radius 1 is 1.22 bits per heavy atom. The number of methoxy groups -OCH3 is 2. The Morgan fingerprint density at radius 2 is 2.00 bits per heavy atom. The number of carbonyl (C=O) groups excluding carboxylic acids is 1. The van der Waals surface area contributed by atoms with E-state index >= 15 is 0 Å². The zero-order chi connectivity index (χ0) is 26.4. The third kappa shape index (κ3) is 6.13. The molecular weight excluding hydrogens is 483 g/mol. The summed E-state index contributed by atoms with van der Waals surface area (Å²) in [4.78, 5) is 13.2. The Bertz CT molecular complexity index is 1170. The summed E-state index contributed by atoms with van der Waals surface area (Å²) < 4.78 is 31.6. The summed E-state index contributed by atoms with van der Waals surface area (Å²) in [5, 5.41) is 32.2. The number of ketones is 1. The second-order valence-electron chi connectivity index (χ2n) is 8.78. The van der Waals surface area contributed by atoms with Gasteiger partial charge in [0.1, 0.15) is 47.7 Å². The van der Waals surface area contributed by atoms with Crippen molar-refractivity contribution in [2.24, 2.45) is 0 Å². The molecule has 0 radical (unpaired) electrons. The molecule has 0 saturated carbocycles. The molecule has 37 heavy (non-hydrogen) atoms. The molecule has 3 N–H and O–H groups in total. The van der Waals surface area contributed by atoms with Crippen molar-refractivity contribution in [3.63, 3.8) is 0 Å². The number of rotatable bonds is 11. The van der Waals surface area contributed by atoms with Gasteiger partial charge in [0.15, 0.2) is 5.78 Å². The molecule has 1 aliphatic rings. The zero-order valence-corrected chi connectivity index (χ0v) is 20.7. The van der Waals surface area contributed by atoms with Gasteiger partial charge >= 0.3 is 0 Å².